The molecule has 0 spiro atoms. The number of anilines is 1. The van der Waals surface area contributed by atoms with E-state index in [0.717, 1.165) is 21.9 Å². The summed E-state index contributed by atoms with van der Waals surface area (Å²) < 4.78 is 28.7. The Kier molecular flexibility index (Phi) is 5.97. The molecule has 4 aromatic rings. The van der Waals surface area contributed by atoms with E-state index >= 15 is 0 Å². The fourth-order valence-corrected chi connectivity index (χ4v) is 5.04. The van der Waals surface area contributed by atoms with Crippen molar-refractivity contribution in [1.82, 2.24) is 5.32 Å². The van der Waals surface area contributed by atoms with Gasteiger partial charge in [-0.3, -0.25) is 9.52 Å². The maximum absolute atomic E-state index is 13.0. The summed E-state index contributed by atoms with van der Waals surface area (Å²) in [6, 6.07) is 25.8. The van der Waals surface area contributed by atoms with Gasteiger partial charge in [0, 0.05) is 12.1 Å². The first-order chi connectivity index (χ1) is 15.3. The van der Waals surface area contributed by atoms with Crippen molar-refractivity contribution in [3.63, 3.8) is 0 Å². The van der Waals surface area contributed by atoms with Crippen molar-refractivity contribution in [3.05, 3.63) is 107 Å². The SMILES string of the molecule is Cc1ccccc1NS(=O)(=O)c1cc(C(=O)NCc2cccc3ccccc23)ccc1C. The quantitative estimate of drug-likeness (QED) is 0.430. The van der Waals surface area contributed by atoms with Crippen molar-refractivity contribution >= 4 is 32.4 Å². The number of amides is 1. The summed E-state index contributed by atoms with van der Waals surface area (Å²) in [5, 5.41) is 5.09. The number of hydrogen-bond donors (Lipinski definition) is 2. The Morgan fingerprint density at radius 1 is 0.812 bits per heavy atom. The molecule has 0 aliphatic heterocycles. The predicted octanol–water partition coefficient (Wildman–Crippen LogP) is 5.19. The normalized spacial score (nSPS) is 11.3. The second kappa shape index (κ2) is 8.85. The lowest BCUT2D eigenvalue weighted by molar-refractivity contribution is 0.0951. The fraction of sp³-hybridized carbons (Fsp3) is 0.115. The summed E-state index contributed by atoms with van der Waals surface area (Å²) in [6.07, 6.45) is 0. The zero-order chi connectivity index (χ0) is 22.7. The van der Waals surface area contributed by atoms with Gasteiger partial charge in [-0.05, 0) is 59.5 Å². The Morgan fingerprint density at radius 3 is 2.34 bits per heavy atom. The minimum atomic E-state index is -3.85. The summed E-state index contributed by atoms with van der Waals surface area (Å²) in [6.45, 7) is 3.89. The average molecular weight is 445 g/mol. The molecule has 162 valence electrons. The van der Waals surface area contributed by atoms with Gasteiger partial charge in [0.2, 0.25) is 0 Å². The summed E-state index contributed by atoms with van der Waals surface area (Å²) in [5.41, 5.74) is 3.19. The molecule has 0 heterocycles. The van der Waals surface area contributed by atoms with Crippen molar-refractivity contribution in [2.75, 3.05) is 4.72 Å². The second-order valence-electron chi connectivity index (χ2n) is 7.72. The van der Waals surface area contributed by atoms with E-state index in [1.165, 1.54) is 6.07 Å². The van der Waals surface area contributed by atoms with E-state index < -0.39 is 10.0 Å². The van der Waals surface area contributed by atoms with Gasteiger partial charge in [-0.15, -0.1) is 0 Å². The van der Waals surface area contributed by atoms with E-state index in [9.17, 15) is 13.2 Å². The molecule has 4 aromatic carbocycles. The lowest BCUT2D eigenvalue weighted by Gasteiger charge is -2.14. The number of para-hydroxylation sites is 1. The van der Waals surface area contributed by atoms with Crippen molar-refractivity contribution in [2.45, 2.75) is 25.3 Å². The van der Waals surface area contributed by atoms with Crippen LogP contribution in [0.5, 0.6) is 0 Å². The molecule has 0 saturated carbocycles. The molecule has 0 fully saturated rings. The Hall–Kier alpha value is -3.64. The predicted molar refractivity (Wildman–Crippen MR) is 128 cm³/mol. The molecule has 0 aliphatic rings. The molecular formula is C26H24N2O3S. The number of nitrogens with one attached hydrogen (secondary N) is 2. The largest absolute Gasteiger partial charge is 0.348 e. The van der Waals surface area contributed by atoms with Gasteiger partial charge in [0.25, 0.3) is 15.9 Å². The van der Waals surface area contributed by atoms with Crippen LogP contribution in [0.3, 0.4) is 0 Å². The van der Waals surface area contributed by atoms with Gasteiger partial charge in [-0.2, -0.15) is 0 Å². The van der Waals surface area contributed by atoms with E-state index in [2.05, 4.69) is 10.0 Å². The van der Waals surface area contributed by atoms with Crippen LogP contribution < -0.4 is 10.0 Å². The summed E-state index contributed by atoms with van der Waals surface area (Å²) in [5.74, 6) is -0.328. The van der Waals surface area contributed by atoms with Gasteiger partial charge in [0.1, 0.15) is 0 Å². The maximum atomic E-state index is 13.0. The molecule has 6 heteroatoms. The van der Waals surface area contributed by atoms with Crippen LogP contribution in [0.4, 0.5) is 5.69 Å². The molecular weight excluding hydrogens is 420 g/mol. The number of hydrogen-bond acceptors (Lipinski definition) is 3. The third kappa shape index (κ3) is 4.50. The molecule has 0 atom stereocenters. The van der Waals surface area contributed by atoms with Gasteiger partial charge in [0.15, 0.2) is 0 Å². The van der Waals surface area contributed by atoms with Gasteiger partial charge >= 0.3 is 0 Å². The van der Waals surface area contributed by atoms with Crippen LogP contribution in [0.15, 0.2) is 89.8 Å². The fourth-order valence-electron chi connectivity index (χ4n) is 3.64. The van der Waals surface area contributed by atoms with E-state index in [0.29, 0.717) is 23.4 Å². The van der Waals surface area contributed by atoms with Crippen LogP contribution in [0.2, 0.25) is 0 Å². The molecule has 0 radical (unpaired) electrons. The van der Waals surface area contributed by atoms with E-state index in [4.69, 9.17) is 0 Å². The van der Waals surface area contributed by atoms with E-state index in [1.54, 1.807) is 31.2 Å². The molecule has 32 heavy (non-hydrogen) atoms. The lowest BCUT2D eigenvalue weighted by atomic mass is 10.0. The standard InChI is InChI=1S/C26H24N2O3S/c1-18-8-3-6-13-24(18)28-32(30,31)25-16-21(15-14-19(25)2)26(29)27-17-22-11-7-10-20-9-4-5-12-23(20)22/h3-16,28H,17H2,1-2H3,(H,27,29). The lowest BCUT2D eigenvalue weighted by Crippen LogP contribution is -2.24. The maximum Gasteiger partial charge on any atom is 0.262 e. The molecule has 5 nitrogen and oxygen atoms in total. The molecule has 0 aromatic heterocycles. The molecule has 2 N–H and O–H groups in total. The Bertz CT molecular complexity index is 1410. The van der Waals surface area contributed by atoms with Crippen LogP contribution in [0.25, 0.3) is 10.8 Å². The Balaban J connectivity index is 1.56. The summed E-state index contributed by atoms with van der Waals surface area (Å²) in [4.78, 5) is 12.9. The van der Waals surface area contributed by atoms with Crippen LogP contribution >= 0.6 is 0 Å². The molecule has 0 bridgehead atoms. The van der Waals surface area contributed by atoms with Gasteiger partial charge in [0.05, 0.1) is 10.6 Å². The monoisotopic (exact) mass is 444 g/mol. The van der Waals surface area contributed by atoms with Gasteiger partial charge in [-0.1, -0.05) is 66.7 Å². The van der Waals surface area contributed by atoms with Crippen molar-refractivity contribution in [3.8, 4) is 0 Å². The first kappa shape index (κ1) is 21.6. The molecule has 0 saturated heterocycles. The highest BCUT2D eigenvalue weighted by Gasteiger charge is 2.20. The highest BCUT2D eigenvalue weighted by atomic mass is 32.2. The van der Waals surface area contributed by atoms with Gasteiger partial charge < -0.3 is 5.32 Å². The van der Waals surface area contributed by atoms with E-state index in [1.807, 2.05) is 61.5 Å². The number of carbonyl (C=O) groups is 1. The zero-order valence-corrected chi connectivity index (χ0v) is 18.7. The Labute approximate surface area is 188 Å². The molecule has 0 aliphatic carbocycles. The first-order valence-corrected chi connectivity index (χ1v) is 11.8. The number of rotatable bonds is 6. The third-order valence-corrected chi connectivity index (χ3v) is 6.96. The number of aryl methyl sites for hydroxylation is 2. The van der Waals surface area contributed by atoms with Crippen molar-refractivity contribution in [1.29, 1.82) is 0 Å². The van der Waals surface area contributed by atoms with Crippen LogP contribution in [0.1, 0.15) is 27.0 Å². The summed E-state index contributed by atoms with van der Waals surface area (Å²) in [7, 11) is -3.85. The highest BCUT2D eigenvalue weighted by Crippen LogP contribution is 2.23. The Morgan fingerprint density at radius 2 is 1.53 bits per heavy atom. The topological polar surface area (TPSA) is 75.3 Å². The number of fused-ring (bicyclic) bond motifs is 1. The second-order valence-corrected chi connectivity index (χ2v) is 9.37. The number of sulfonamides is 1. The molecule has 4 rings (SSSR count). The van der Waals surface area contributed by atoms with Crippen molar-refractivity contribution in [2.24, 2.45) is 0 Å². The molecule has 0 unspecified atom stereocenters. The summed E-state index contributed by atoms with van der Waals surface area (Å²) >= 11 is 0. The van der Waals surface area contributed by atoms with Crippen molar-refractivity contribution < 1.29 is 13.2 Å². The number of carbonyl (C=O) groups excluding carboxylic acids is 1. The van der Waals surface area contributed by atoms with Crippen LogP contribution in [-0.2, 0) is 16.6 Å². The van der Waals surface area contributed by atoms with Crippen LogP contribution in [-0.4, -0.2) is 14.3 Å². The smallest absolute Gasteiger partial charge is 0.262 e. The van der Waals surface area contributed by atoms with Gasteiger partial charge in [-0.25, -0.2) is 8.42 Å². The first-order valence-electron chi connectivity index (χ1n) is 10.3. The van der Waals surface area contributed by atoms with Crippen LogP contribution in [0, 0.1) is 13.8 Å². The molecule has 1 amide bonds. The minimum Gasteiger partial charge on any atom is -0.348 e. The highest BCUT2D eigenvalue weighted by molar-refractivity contribution is 7.92. The zero-order valence-electron chi connectivity index (χ0n) is 17.9. The average Bonchev–Trinajstić information content (AvgIpc) is 2.79. The minimum absolute atomic E-state index is 0.0820. The third-order valence-electron chi connectivity index (χ3n) is 5.45. The van der Waals surface area contributed by atoms with E-state index in [-0.39, 0.29) is 10.8 Å². The number of benzene rings is 4.